The number of hydrogen-bond acceptors (Lipinski definition) is 5. The number of carbonyl (C=O) groups excluding carboxylic acids is 1. The van der Waals surface area contributed by atoms with Gasteiger partial charge in [0, 0.05) is 10.9 Å². The fourth-order valence-corrected chi connectivity index (χ4v) is 3.01. The van der Waals surface area contributed by atoms with Crippen molar-refractivity contribution in [1.29, 1.82) is 0 Å². The van der Waals surface area contributed by atoms with Crippen LogP contribution in [0.1, 0.15) is 34.6 Å². The first-order valence-electron chi connectivity index (χ1n) is 8.58. The summed E-state index contributed by atoms with van der Waals surface area (Å²) in [6.07, 6.45) is 0. The van der Waals surface area contributed by atoms with Crippen LogP contribution in [0.15, 0.2) is 40.8 Å². The molecule has 0 saturated heterocycles. The zero-order chi connectivity index (χ0) is 19.6. The third-order valence-electron chi connectivity index (χ3n) is 4.60. The molecule has 0 bridgehead atoms. The molecule has 1 amide bonds. The van der Waals surface area contributed by atoms with Crippen molar-refractivity contribution in [2.24, 2.45) is 0 Å². The molecule has 1 heterocycles. The maximum Gasteiger partial charge on any atom is 0.287 e. The smallest absolute Gasteiger partial charge is 0.287 e. The molecule has 0 saturated carbocycles. The van der Waals surface area contributed by atoms with Crippen molar-refractivity contribution in [3.63, 3.8) is 0 Å². The highest BCUT2D eigenvalue weighted by Crippen LogP contribution is 2.31. The lowest BCUT2D eigenvalue weighted by Crippen LogP contribution is -2.26. The SMILES string of the molecule is COc1ccc2oc(C(=O)NC(C)c3ccc(OC)c(OC)c3)c(C)c2c1. The summed E-state index contributed by atoms with van der Waals surface area (Å²) in [5.74, 6) is 2.00. The number of furan rings is 1. The number of carbonyl (C=O) groups is 1. The predicted octanol–water partition coefficient (Wildman–Crippen LogP) is 4.26. The molecule has 1 unspecified atom stereocenters. The average Bonchev–Trinajstić information content (AvgIpc) is 3.03. The molecule has 0 aliphatic carbocycles. The van der Waals surface area contributed by atoms with E-state index < -0.39 is 0 Å². The highest BCUT2D eigenvalue weighted by atomic mass is 16.5. The molecule has 3 aromatic rings. The van der Waals surface area contributed by atoms with Crippen molar-refractivity contribution in [1.82, 2.24) is 5.32 Å². The van der Waals surface area contributed by atoms with Crippen molar-refractivity contribution in [3.8, 4) is 17.2 Å². The van der Waals surface area contributed by atoms with Crippen LogP contribution >= 0.6 is 0 Å². The molecular formula is C21H23NO5. The van der Waals surface area contributed by atoms with Crippen LogP contribution in [-0.2, 0) is 0 Å². The number of methoxy groups -OCH3 is 3. The van der Waals surface area contributed by atoms with Gasteiger partial charge in [-0.3, -0.25) is 4.79 Å². The van der Waals surface area contributed by atoms with E-state index in [-0.39, 0.29) is 11.9 Å². The van der Waals surface area contributed by atoms with Crippen LogP contribution in [-0.4, -0.2) is 27.2 Å². The van der Waals surface area contributed by atoms with Gasteiger partial charge in [-0.05, 0) is 49.7 Å². The minimum absolute atomic E-state index is 0.237. The lowest BCUT2D eigenvalue weighted by molar-refractivity contribution is 0.0913. The van der Waals surface area contributed by atoms with E-state index in [1.165, 1.54) is 0 Å². The molecule has 6 nitrogen and oxygen atoms in total. The van der Waals surface area contributed by atoms with E-state index in [0.717, 1.165) is 22.3 Å². The fraction of sp³-hybridized carbons (Fsp3) is 0.286. The number of ether oxygens (including phenoxy) is 3. The van der Waals surface area contributed by atoms with Gasteiger partial charge in [0.15, 0.2) is 17.3 Å². The van der Waals surface area contributed by atoms with Crippen molar-refractivity contribution in [3.05, 3.63) is 53.3 Å². The molecule has 142 valence electrons. The summed E-state index contributed by atoms with van der Waals surface area (Å²) in [6.45, 7) is 3.77. The molecule has 3 rings (SSSR count). The number of benzene rings is 2. The summed E-state index contributed by atoms with van der Waals surface area (Å²) in [5.41, 5.74) is 2.33. The molecule has 2 aromatic carbocycles. The summed E-state index contributed by atoms with van der Waals surface area (Å²) in [6, 6.07) is 10.8. The summed E-state index contributed by atoms with van der Waals surface area (Å²) in [5, 5.41) is 3.83. The highest BCUT2D eigenvalue weighted by Gasteiger charge is 2.20. The van der Waals surface area contributed by atoms with Crippen LogP contribution in [0.3, 0.4) is 0 Å². The van der Waals surface area contributed by atoms with E-state index in [2.05, 4.69) is 5.32 Å². The van der Waals surface area contributed by atoms with Gasteiger partial charge >= 0.3 is 0 Å². The Bertz CT molecular complexity index is 976. The molecule has 27 heavy (non-hydrogen) atoms. The van der Waals surface area contributed by atoms with Gasteiger partial charge in [-0.1, -0.05) is 6.07 Å². The minimum Gasteiger partial charge on any atom is -0.497 e. The predicted molar refractivity (Wildman–Crippen MR) is 103 cm³/mol. The summed E-state index contributed by atoms with van der Waals surface area (Å²) in [4.78, 5) is 12.8. The van der Waals surface area contributed by atoms with E-state index in [9.17, 15) is 4.79 Å². The highest BCUT2D eigenvalue weighted by molar-refractivity contribution is 5.99. The van der Waals surface area contributed by atoms with Crippen LogP contribution in [0, 0.1) is 6.92 Å². The van der Waals surface area contributed by atoms with Crippen LogP contribution in [0.25, 0.3) is 11.0 Å². The first-order valence-corrected chi connectivity index (χ1v) is 8.58. The number of amides is 1. The van der Waals surface area contributed by atoms with E-state index in [1.54, 1.807) is 33.5 Å². The van der Waals surface area contributed by atoms with Gasteiger partial charge in [0.2, 0.25) is 0 Å². The molecule has 0 radical (unpaired) electrons. The van der Waals surface area contributed by atoms with Gasteiger partial charge in [0.1, 0.15) is 11.3 Å². The second-order valence-electron chi connectivity index (χ2n) is 6.23. The molecule has 0 aliphatic rings. The van der Waals surface area contributed by atoms with Crippen molar-refractivity contribution < 1.29 is 23.4 Å². The quantitative estimate of drug-likeness (QED) is 0.703. The molecular weight excluding hydrogens is 346 g/mol. The molecule has 0 fully saturated rings. The molecule has 1 N–H and O–H groups in total. The Morgan fingerprint density at radius 1 is 1.00 bits per heavy atom. The van der Waals surface area contributed by atoms with Crippen LogP contribution < -0.4 is 19.5 Å². The minimum atomic E-state index is -0.273. The number of hydrogen-bond donors (Lipinski definition) is 1. The molecule has 0 aliphatic heterocycles. The number of nitrogens with one attached hydrogen (secondary N) is 1. The Kier molecular flexibility index (Phi) is 5.26. The maximum atomic E-state index is 12.8. The number of aryl methyl sites for hydroxylation is 1. The second-order valence-corrected chi connectivity index (χ2v) is 6.23. The molecule has 1 aromatic heterocycles. The topological polar surface area (TPSA) is 69.9 Å². The van der Waals surface area contributed by atoms with Gasteiger partial charge < -0.3 is 23.9 Å². The summed E-state index contributed by atoms with van der Waals surface area (Å²) >= 11 is 0. The fourth-order valence-electron chi connectivity index (χ4n) is 3.01. The van der Waals surface area contributed by atoms with Crippen LogP contribution in [0.4, 0.5) is 0 Å². The Balaban J connectivity index is 1.84. The summed E-state index contributed by atoms with van der Waals surface area (Å²) < 4.78 is 21.6. The second kappa shape index (κ2) is 7.61. The van der Waals surface area contributed by atoms with E-state index in [0.29, 0.717) is 22.8 Å². The van der Waals surface area contributed by atoms with Gasteiger partial charge in [-0.15, -0.1) is 0 Å². The lowest BCUT2D eigenvalue weighted by Gasteiger charge is -2.16. The Morgan fingerprint density at radius 3 is 2.41 bits per heavy atom. The van der Waals surface area contributed by atoms with Gasteiger partial charge in [-0.2, -0.15) is 0 Å². The van der Waals surface area contributed by atoms with Crippen LogP contribution in [0.5, 0.6) is 17.2 Å². The lowest BCUT2D eigenvalue weighted by atomic mass is 10.1. The van der Waals surface area contributed by atoms with Crippen molar-refractivity contribution in [2.45, 2.75) is 19.9 Å². The standard InChI is InChI=1S/C21H23NO5/c1-12-16-11-15(24-3)7-9-17(16)27-20(12)21(23)22-13(2)14-6-8-18(25-4)19(10-14)26-5/h6-11,13H,1-5H3,(H,22,23). The number of fused-ring (bicyclic) bond motifs is 1. The van der Waals surface area contributed by atoms with E-state index in [1.807, 2.05) is 38.1 Å². The Labute approximate surface area is 158 Å². The van der Waals surface area contributed by atoms with Gasteiger partial charge in [0.25, 0.3) is 5.91 Å². The first-order chi connectivity index (χ1) is 13.0. The van der Waals surface area contributed by atoms with E-state index >= 15 is 0 Å². The first kappa shape index (κ1) is 18.6. The third-order valence-corrected chi connectivity index (χ3v) is 4.60. The monoisotopic (exact) mass is 369 g/mol. The van der Waals surface area contributed by atoms with Crippen molar-refractivity contribution in [2.75, 3.05) is 21.3 Å². The Hall–Kier alpha value is -3.15. The average molecular weight is 369 g/mol. The van der Waals surface area contributed by atoms with Crippen molar-refractivity contribution >= 4 is 16.9 Å². The van der Waals surface area contributed by atoms with Crippen LogP contribution in [0.2, 0.25) is 0 Å². The number of rotatable bonds is 6. The van der Waals surface area contributed by atoms with Gasteiger partial charge in [-0.25, -0.2) is 0 Å². The summed E-state index contributed by atoms with van der Waals surface area (Å²) in [7, 11) is 4.77. The molecule has 0 spiro atoms. The maximum absolute atomic E-state index is 12.8. The largest absolute Gasteiger partial charge is 0.497 e. The van der Waals surface area contributed by atoms with E-state index in [4.69, 9.17) is 18.6 Å². The van der Waals surface area contributed by atoms with Gasteiger partial charge in [0.05, 0.1) is 27.4 Å². The Morgan fingerprint density at radius 2 is 1.74 bits per heavy atom. The molecule has 6 heteroatoms. The third kappa shape index (κ3) is 3.56. The molecule has 1 atom stereocenters. The zero-order valence-electron chi connectivity index (χ0n) is 16.1. The normalized spacial score (nSPS) is 11.9. The zero-order valence-corrected chi connectivity index (χ0v) is 16.1.